The number of hydrogen-bond donors (Lipinski definition) is 0. The minimum atomic E-state index is -1.00. The van der Waals surface area contributed by atoms with Gasteiger partial charge in [0.15, 0.2) is 12.2 Å². The molecule has 0 saturated heterocycles. The highest BCUT2D eigenvalue weighted by atomic mass is 17.2. The zero-order valence-corrected chi connectivity index (χ0v) is 21.8. The molecular formula is C24H42O8. The lowest BCUT2D eigenvalue weighted by molar-refractivity contribution is -0.323. The van der Waals surface area contributed by atoms with Gasteiger partial charge >= 0.3 is 12.3 Å². The molecule has 0 aromatic carbocycles. The Balaban J connectivity index is 4.45. The lowest BCUT2D eigenvalue weighted by Gasteiger charge is -2.30. The zero-order valence-electron chi connectivity index (χ0n) is 21.8. The van der Waals surface area contributed by atoms with Crippen LogP contribution < -0.4 is 0 Å². The summed E-state index contributed by atoms with van der Waals surface area (Å²) in [5.41, 5.74) is -1.34. The molecule has 0 N–H and O–H groups in total. The van der Waals surface area contributed by atoms with Crippen LogP contribution in [0.2, 0.25) is 0 Å². The van der Waals surface area contributed by atoms with Crippen molar-refractivity contribution in [1.82, 2.24) is 0 Å². The molecular weight excluding hydrogens is 416 g/mol. The van der Waals surface area contributed by atoms with E-state index in [1.165, 1.54) is 0 Å². The van der Waals surface area contributed by atoms with E-state index in [2.05, 4.69) is 53.4 Å². The summed E-state index contributed by atoms with van der Waals surface area (Å²) in [6, 6.07) is 0. The van der Waals surface area contributed by atoms with Crippen molar-refractivity contribution in [3.8, 4) is 11.8 Å². The fraction of sp³-hybridized carbons (Fsp3) is 0.833. The van der Waals surface area contributed by atoms with Gasteiger partial charge in [0.05, 0.1) is 0 Å². The first-order valence-corrected chi connectivity index (χ1v) is 10.8. The van der Waals surface area contributed by atoms with Crippen LogP contribution in [0.4, 0.5) is 9.59 Å². The van der Waals surface area contributed by atoms with E-state index in [0.717, 1.165) is 0 Å². The van der Waals surface area contributed by atoms with Gasteiger partial charge in [-0.2, -0.15) is 9.78 Å². The third-order valence-corrected chi connectivity index (χ3v) is 3.62. The standard InChI is InChI=1S/C24H42O8/c1-17(27-19(25)29-31-23(9,10)15-21(3,4)5)13-14-18(2)28-20(26)30-32-24(11,12)16-22(6,7)8/h17-18H,15-16H2,1-12H3. The molecule has 32 heavy (non-hydrogen) atoms. The maximum Gasteiger partial charge on any atom is 0.541 e. The molecule has 0 aliphatic heterocycles. The van der Waals surface area contributed by atoms with Crippen molar-refractivity contribution in [3.05, 3.63) is 0 Å². The SMILES string of the molecule is CC(C#CC(C)OC(=O)OOC(C)(C)CC(C)(C)C)OC(=O)OOC(C)(C)CC(C)(C)C. The van der Waals surface area contributed by atoms with Gasteiger partial charge < -0.3 is 9.47 Å². The highest BCUT2D eigenvalue weighted by Crippen LogP contribution is 2.30. The quantitative estimate of drug-likeness (QED) is 0.179. The summed E-state index contributed by atoms with van der Waals surface area (Å²) in [7, 11) is 0. The van der Waals surface area contributed by atoms with Gasteiger partial charge in [0.25, 0.3) is 0 Å². The lowest BCUT2D eigenvalue weighted by Crippen LogP contribution is -2.32. The summed E-state index contributed by atoms with van der Waals surface area (Å²) in [5.74, 6) is 5.31. The Kier molecular flexibility index (Phi) is 11.0. The van der Waals surface area contributed by atoms with Gasteiger partial charge in [-0.3, -0.25) is 9.78 Å². The van der Waals surface area contributed by atoms with Crippen molar-refractivity contribution in [2.45, 2.75) is 119 Å². The second kappa shape index (κ2) is 11.8. The van der Waals surface area contributed by atoms with Crippen LogP contribution in [0.25, 0.3) is 0 Å². The molecule has 2 atom stereocenters. The normalized spacial score (nSPS) is 14.5. The van der Waals surface area contributed by atoms with Gasteiger partial charge in [-0.05, 0) is 65.2 Å². The average Bonchev–Trinajstić information content (AvgIpc) is 2.52. The van der Waals surface area contributed by atoms with Crippen LogP contribution in [0.3, 0.4) is 0 Å². The largest absolute Gasteiger partial charge is 0.541 e. The van der Waals surface area contributed by atoms with E-state index in [9.17, 15) is 9.59 Å². The summed E-state index contributed by atoms with van der Waals surface area (Å²) in [6.45, 7) is 22.8. The van der Waals surface area contributed by atoms with E-state index < -0.39 is 35.7 Å². The van der Waals surface area contributed by atoms with Gasteiger partial charge in [-0.1, -0.05) is 53.4 Å². The summed E-state index contributed by atoms with van der Waals surface area (Å²) in [4.78, 5) is 43.5. The van der Waals surface area contributed by atoms with Crippen molar-refractivity contribution < 1.29 is 38.6 Å². The second-order valence-electron chi connectivity index (χ2n) is 11.6. The van der Waals surface area contributed by atoms with Crippen molar-refractivity contribution in [2.24, 2.45) is 10.8 Å². The number of rotatable bonds is 8. The minimum absolute atomic E-state index is 0.000200. The first-order valence-electron chi connectivity index (χ1n) is 10.8. The molecule has 0 rings (SSSR count). The Morgan fingerprint density at radius 1 is 0.625 bits per heavy atom. The van der Waals surface area contributed by atoms with Gasteiger partial charge in [0, 0.05) is 0 Å². The molecule has 2 unspecified atom stereocenters. The Hall–Kier alpha value is -1.98. The van der Waals surface area contributed by atoms with E-state index in [0.29, 0.717) is 12.8 Å². The molecule has 186 valence electrons. The number of carbonyl (C=O) groups is 2. The Bertz CT molecular complexity index is 615. The first-order chi connectivity index (χ1) is 14.2. The monoisotopic (exact) mass is 458 g/mol. The van der Waals surface area contributed by atoms with Crippen molar-refractivity contribution in [1.29, 1.82) is 0 Å². The van der Waals surface area contributed by atoms with Crippen LogP contribution in [0.5, 0.6) is 0 Å². The maximum atomic E-state index is 11.8. The third kappa shape index (κ3) is 16.7. The molecule has 0 amide bonds. The van der Waals surface area contributed by atoms with Crippen molar-refractivity contribution >= 4 is 12.3 Å². The lowest BCUT2D eigenvalue weighted by atomic mass is 9.84. The van der Waals surface area contributed by atoms with Crippen LogP contribution in [0.15, 0.2) is 0 Å². The number of hydrogen-bond acceptors (Lipinski definition) is 8. The van der Waals surface area contributed by atoms with Gasteiger partial charge in [0.1, 0.15) is 11.2 Å². The number of carbonyl (C=O) groups excluding carboxylic acids is 2. The molecule has 8 heteroatoms. The minimum Gasteiger partial charge on any atom is -0.416 e. The van der Waals surface area contributed by atoms with Crippen molar-refractivity contribution in [3.63, 3.8) is 0 Å². The van der Waals surface area contributed by atoms with Crippen LogP contribution in [-0.2, 0) is 29.0 Å². The fourth-order valence-electron chi connectivity index (χ4n) is 3.53. The summed E-state index contributed by atoms with van der Waals surface area (Å²) in [6.07, 6.45) is -2.27. The highest BCUT2D eigenvalue weighted by Gasteiger charge is 2.30. The van der Waals surface area contributed by atoms with Gasteiger partial charge in [0.2, 0.25) is 0 Å². The maximum absolute atomic E-state index is 11.8. The average molecular weight is 459 g/mol. The molecule has 0 spiro atoms. The van der Waals surface area contributed by atoms with Crippen LogP contribution >= 0.6 is 0 Å². The molecule has 0 aliphatic carbocycles. The smallest absolute Gasteiger partial charge is 0.416 e. The van der Waals surface area contributed by atoms with Crippen LogP contribution in [-0.4, -0.2) is 35.7 Å². The Morgan fingerprint density at radius 3 is 1.16 bits per heavy atom. The fourth-order valence-corrected chi connectivity index (χ4v) is 3.53. The van der Waals surface area contributed by atoms with Crippen LogP contribution in [0, 0.1) is 22.7 Å². The topological polar surface area (TPSA) is 89.5 Å². The molecule has 0 aromatic heterocycles. The summed E-state index contributed by atoms with van der Waals surface area (Å²) < 4.78 is 10.0. The Morgan fingerprint density at radius 2 is 0.906 bits per heavy atom. The first kappa shape index (κ1) is 30.0. The number of ether oxygens (including phenoxy) is 2. The summed E-state index contributed by atoms with van der Waals surface area (Å²) in [5, 5.41) is 0. The van der Waals surface area contributed by atoms with E-state index >= 15 is 0 Å². The van der Waals surface area contributed by atoms with Gasteiger partial charge in [-0.25, -0.2) is 9.59 Å². The third-order valence-electron chi connectivity index (χ3n) is 3.62. The summed E-state index contributed by atoms with van der Waals surface area (Å²) >= 11 is 0. The molecule has 0 bridgehead atoms. The van der Waals surface area contributed by atoms with Crippen LogP contribution in [0.1, 0.15) is 95.9 Å². The van der Waals surface area contributed by atoms with Crippen molar-refractivity contribution in [2.75, 3.05) is 0 Å². The second-order valence-corrected chi connectivity index (χ2v) is 11.6. The highest BCUT2D eigenvalue weighted by molar-refractivity contribution is 5.60. The van der Waals surface area contributed by atoms with E-state index in [1.54, 1.807) is 13.8 Å². The molecule has 0 radical (unpaired) electrons. The molecule has 8 nitrogen and oxygen atoms in total. The molecule has 0 fully saturated rings. The molecule has 0 saturated carbocycles. The van der Waals surface area contributed by atoms with E-state index in [1.807, 2.05) is 27.7 Å². The Labute approximate surface area is 193 Å². The van der Waals surface area contributed by atoms with E-state index in [4.69, 9.17) is 29.0 Å². The van der Waals surface area contributed by atoms with E-state index in [-0.39, 0.29) is 10.8 Å². The predicted molar refractivity (Wildman–Crippen MR) is 120 cm³/mol. The zero-order chi connectivity index (χ0) is 25.4. The predicted octanol–water partition coefficient (Wildman–Crippen LogP) is 6.37. The molecule has 0 aromatic rings. The molecule has 0 aliphatic rings. The molecule has 0 heterocycles. The van der Waals surface area contributed by atoms with Gasteiger partial charge in [-0.15, -0.1) is 0 Å².